The lowest BCUT2D eigenvalue weighted by atomic mass is 10.3. The second-order valence-electron chi connectivity index (χ2n) is 3.25. The highest BCUT2D eigenvalue weighted by molar-refractivity contribution is 5.41. The van der Waals surface area contributed by atoms with E-state index in [1.807, 2.05) is 0 Å². The number of nitrogens with zero attached hydrogens (tertiary/aromatic N) is 2. The van der Waals surface area contributed by atoms with Crippen LogP contribution in [0.1, 0.15) is 0 Å². The Morgan fingerprint density at radius 2 is 1.67 bits per heavy atom. The Labute approximate surface area is 84.7 Å². The van der Waals surface area contributed by atoms with Crippen molar-refractivity contribution >= 4 is 5.69 Å². The quantitative estimate of drug-likeness (QED) is 0.560. The average molecular weight is 223 g/mol. The minimum absolute atomic E-state index is 0.199. The van der Waals surface area contributed by atoms with Crippen molar-refractivity contribution in [3.8, 4) is 0 Å². The fourth-order valence-corrected chi connectivity index (χ4v) is 1.03. The normalized spacial score (nSPS) is 11.9. The maximum Gasteiger partial charge on any atom is 0.524 e. The van der Waals surface area contributed by atoms with Gasteiger partial charge in [0.05, 0.1) is 0 Å². The first-order valence-electron chi connectivity index (χ1n) is 4.21. The minimum atomic E-state index is -4.16. The van der Waals surface area contributed by atoms with Gasteiger partial charge in [-0.1, -0.05) is 0 Å². The molecule has 15 heavy (non-hydrogen) atoms. The van der Waals surface area contributed by atoms with E-state index in [4.69, 9.17) is 0 Å². The van der Waals surface area contributed by atoms with Crippen LogP contribution in [0.5, 0.6) is 0 Å². The topological polar surface area (TPSA) is 7.12 Å². The summed E-state index contributed by atoms with van der Waals surface area (Å²) in [5.74, 6) is 0. The molecule has 0 aliphatic heterocycles. The molecule has 0 aliphatic rings. The van der Waals surface area contributed by atoms with E-state index in [9.17, 15) is 17.6 Å². The summed E-state index contributed by atoms with van der Waals surface area (Å²) < 4.78 is 49.8. The Balaban J connectivity index is 2.98. The first-order chi connectivity index (χ1) is 6.85. The summed E-state index contributed by atoms with van der Waals surface area (Å²) in [6.45, 7) is 0. The van der Waals surface area contributed by atoms with Crippen molar-refractivity contribution in [2.45, 2.75) is 12.5 Å². The number of hydrogen-bond acceptors (Lipinski definition) is 1. The van der Waals surface area contributed by atoms with Crippen LogP contribution in [-0.2, 0) is 6.05 Å². The molecule has 0 aromatic carbocycles. The van der Waals surface area contributed by atoms with E-state index in [1.165, 1.54) is 12.1 Å². The van der Waals surface area contributed by atoms with E-state index >= 15 is 0 Å². The van der Waals surface area contributed by atoms with Gasteiger partial charge in [-0.2, -0.15) is 8.78 Å². The number of pyridine rings is 1. The van der Waals surface area contributed by atoms with E-state index < -0.39 is 12.5 Å². The monoisotopic (exact) mass is 223 g/mol. The van der Waals surface area contributed by atoms with Gasteiger partial charge in [-0.15, -0.1) is 13.3 Å². The van der Waals surface area contributed by atoms with Crippen LogP contribution in [0.25, 0.3) is 0 Å². The summed E-state index contributed by atoms with van der Waals surface area (Å²) in [6, 6.07) is -1.47. The fourth-order valence-electron chi connectivity index (χ4n) is 1.03. The molecule has 1 rings (SSSR count). The zero-order chi connectivity index (χ0) is 11.6. The van der Waals surface area contributed by atoms with Crippen molar-refractivity contribution in [1.29, 1.82) is 0 Å². The summed E-state index contributed by atoms with van der Waals surface area (Å²) in [5, 5.41) is 0. The van der Waals surface area contributed by atoms with Crippen LogP contribution in [0.4, 0.5) is 23.2 Å². The Morgan fingerprint density at radius 3 is 2.00 bits per heavy atom. The maximum atomic E-state index is 12.8. The molecule has 0 N–H and O–H groups in total. The van der Waals surface area contributed by atoms with E-state index in [0.717, 1.165) is 12.4 Å². The van der Waals surface area contributed by atoms with Crippen molar-refractivity contribution in [3.63, 3.8) is 0 Å². The molecule has 0 bridgehead atoms. The highest BCUT2D eigenvalue weighted by atomic mass is 19.3. The van der Waals surface area contributed by atoms with E-state index in [1.54, 1.807) is 19.0 Å². The molecule has 84 valence electrons. The van der Waals surface area contributed by atoms with Crippen LogP contribution >= 0.6 is 0 Å². The van der Waals surface area contributed by atoms with Crippen LogP contribution in [0, 0.1) is 0 Å². The van der Waals surface area contributed by atoms with E-state index in [0.29, 0.717) is 5.69 Å². The molecule has 0 radical (unpaired) electrons. The molecular formula is C9H11F4N2+. The van der Waals surface area contributed by atoms with Gasteiger partial charge in [-0.3, -0.25) is 0 Å². The van der Waals surface area contributed by atoms with Crippen molar-refractivity contribution in [2.24, 2.45) is 0 Å². The van der Waals surface area contributed by atoms with Gasteiger partial charge in [0.15, 0.2) is 12.4 Å². The smallest absolute Gasteiger partial charge is 0.377 e. The molecular weight excluding hydrogens is 212 g/mol. The van der Waals surface area contributed by atoms with Crippen molar-refractivity contribution in [3.05, 3.63) is 24.5 Å². The van der Waals surface area contributed by atoms with Crippen molar-refractivity contribution in [1.82, 2.24) is 0 Å². The lowest BCUT2D eigenvalue weighted by Gasteiger charge is -2.13. The van der Waals surface area contributed by atoms with Crippen LogP contribution in [0.15, 0.2) is 24.5 Å². The zero-order valence-electron chi connectivity index (χ0n) is 8.29. The number of rotatable bonds is 3. The second-order valence-corrected chi connectivity index (χ2v) is 3.25. The first kappa shape index (κ1) is 11.7. The molecule has 1 heterocycles. The average Bonchev–Trinajstić information content (AvgIpc) is 2.17. The third-order valence-electron chi connectivity index (χ3n) is 1.93. The summed E-state index contributed by atoms with van der Waals surface area (Å²) in [5.41, 5.74) is 0.663. The molecule has 0 atom stereocenters. The van der Waals surface area contributed by atoms with Crippen LogP contribution in [0.2, 0.25) is 0 Å². The standard InChI is InChI=1S/C9H11F4N2/c1-14(2)7-3-5-15(6-4-7)9(12,13)8(10)11/h3-6,8H,1-2H3/q+1. The van der Waals surface area contributed by atoms with Crippen LogP contribution in [0.3, 0.4) is 0 Å². The molecule has 0 fully saturated rings. The maximum absolute atomic E-state index is 12.8. The van der Waals surface area contributed by atoms with Gasteiger partial charge >= 0.3 is 12.5 Å². The number of hydrogen-bond donors (Lipinski definition) is 0. The van der Waals surface area contributed by atoms with Crippen molar-refractivity contribution < 1.29 is 22.1 Å². The molecule has 1 aromatic heterocycles. The van der Waals surface area contributed by atoms with E-state index in [-0.39, 0.29) is 4.57 Å². The fraction of sp³-hybridized carbons (Fsp3) is 0.444. The molecule has 0 amide bonds. The molecule has 1 aromatic rings. The first-order valence-corrected chi connectivity index (χ1v) is 4.21. The van der Waals surface area contributed by atoms with Gasteiger partial charge in [0.25, 0.3) is 0 Å². The third-order valence-corrected chi connectivity index (χ3v) is 1.93. The second kappa shape index (κ2) is 4.04. The zero-order valence-corrected chi connectivity index (χ0v) is 8.29. The lowest BCUT2D eigenvalue weighted by molar-refractivity contribution is -0.834. The van der Waals surface area contributed by atoms with Gasteiger partial charge < -0.3 is 4.90 Å². The molecule has 0 aliphatic carbocycles. The van der Waals surface area contributed by atoms with Gasteiger partial charge in [0.2, 0.25) is 0 Å². The Bertz CT molecular complexity index is 321. The highest BCUT2D eigenvalue weighted by Gasteiger charge is 2.51. The molecule has 0 saturated heterocycles. The SMILES string of the molecule is CN(C)c1cc[n+](C(F)(F)C(F)F)cc1. The summed E-state index contributed by atoms with van der Waals surface area (Å²) >= 11 is 0. The predicted octanol–water partition coefficient (Wildman–Crippen LogP) is 1.85. The van der Waals surface area contributed by atoms with Crippen LogP contribution < -0.4 is 9.47 Å². The molecule has 6 heteroatoms. The summed E-state index contributed by atoms with van der Waals surface area (Å²) in [7, 11) is 3.45. The summed E-state index contributed by atoms with van der Waals surface area (Å²) in [6.07, 6.45) is -1.85. The number of alkyl halides is 4. The summed E-state index contributed by atoms with van der Waals surface area (Å²) in [4.78, 5) is 1.69. The molecule has 0 saturated carbocycles. The van der Waals surface area contributed by atoms with Crippen LogP contribution in [-0.4, -0.2) is 20.5 Å². The molecule has 0 spiro atoms. The number of anilines is 1. The lowest BCUT2D eigenvalue weighted by Crippen LogP contribution is -2.54. The highest BCUT2D eigenvalue weighted by Crippen LogP contribution is 2.22. The number of halogens is 4. The Kier molecular flexibility index (Phi) is 3.16. The third kappa shape index (κ3) is 2.37. The Morgan fingerprint density at radius 1 is 1.20 bits per heavy atom. The molecule has 2 nitrogen and oxygen atoms in total. The van der Waals surface area contributed by atoms with Gasteiger partial charge in [0.1, 0.15) is 0 Å². The van der Waals surface area contributed by atoms with Gasteiger partial charge in [-0.05, 0) is 0 Å². The molecule has 0 unspecified atom stereocenters. The number of aromatic nitrogens is 1. The Hall–Kier alpha value is -1.33. The van der Waals surface area contributed by atoms with E-state index in [2.05, 4.69) is 0 Å². The van der Waals surface area contributed by atoms with Gasteiger partial charge in [0, 0.05) is 31.9 Å². The minimum Gasteiger partial charge on any atom is -0.377 e. The van der Waals surface area contributed by atoms with Gasteiger partial charge in [-0.25, -0.2) is 0 Å². The largest absolute Gasteiger partial charge is 0.524 e. The predicted molar refractivity (Wildman–Crippen MR) is 47.2 cm³/mol. The van der Waals surface area contributed by atoms with Crippen molar-refractivity contribution in [2.75, 3.05) is 19.0 Å².